The van der Waals surface area contributed by atoms with Gasteiger partial charge < -0.3 is 29.0 Å². The Bertz CT molecular complexity index is 565. The van der Waals surface area contributed by atoms with Gasteiger partial charge in [-0.3, -0.25) is 19.2 Å². The van der Waals surface area contributed by atoms with Crippen LogP contribution >= 0.6 is 0 Å². The van der Waals surface area contributed by atoms with Gasteiger partial charge in [0.1, 0.15) is 18.8 Å². The third-order valence-corrected chi connectivity index (χ3v) is 3.89. The maximum atomic E-state index is 11.7. The molecule has 1 fully saturated rings. The van der Waals surface area contributed by atoms with E-state index >= 15 is 0 Å². The van der Waals surface area contributed by atoms with Crippen LogP contribution in [0.3, 0.4) is 0 Å². The number of ether oxygens (including phenoxy) is 5. The topological polar surface area (TPSA) is 126 Å². The second-order valence-corrected chi connectivity index (χ2v) is 6.44. The molecule has 1 rings (SSSR count). The minimum absolute atomic E-state index is 0.273. The van der Waals surface area contributed by atoms with Gasteiger partial charge in [0.05, 0.1) is 0 Å². The van der Waals surface area contributed by atoms with E-state index in [4.69, 9.17) is 23.7 Å². The van der Waals surface area contributed by atoms with Gasteiger partial charge in [-0.15, -0.1) is 0 Å². The highest BCUT2D eigenvalue weighted by atomic mass is 16.7. The summed E-state index contributed by atoms with van der Waals surface area (Å²) in [4.78, 5) is 46.1. The van der Waals surface area contributed by atoms with Crippen LogP contribution in [0.1, 0.15) is 47.5 Å². The molecule has 0 aromatic heterocycles. The largest absolute Gasteiger partial charge is 0.463 e. The van der Waals surface area contributed by atoms with Crippen LogP contribution in [0.25, 0.3) is 0 Å². The Balaban J connectivity index is 3.21. The van der Waals surface area contributed by atoms with Crippen molar-refractivity contribution >= 4 is 23.9 Å². The van der Waals surface area contributed by atoms with Crippen LogP contribution in [0, 0.1) is 0 Å². The van der Waals surface area contributed by atoms with Crippen LogP contribution in [0.15, 0.2) is 0 Å². The zero-order valence-corrected chi connectivity index (χ0v) is 16.9. The molecule has 1 unspecified atom stereocenters. The van der Waals surface area contributed by atoms with Crippen molar-refractivity contribution < 1.29 is 42.9 Å². The highest BCUT2D eigenvalue weighted by molar-refractivity contribution is 5.68. The Hall–Kier alpha value is -2.20. The molecular weight excluding hydrogens is 374 g/mol. The van der Waals surface area contributed by atoms with Crippen LogP contribution in [0.4, 0.5) is 0 Å². The van der Waals surface area contributed by atoms with Gasteiger partial charge in [-0.05, 0) is 13.0 Å². The molecule has 10 nitrogen and oxygen atoms in total. The molecule has 0 aromatic carbocycles. The second-order valence-electron chi connectivity index (χ2n) is 6.44. The van der Waals surface area contributed by atoms with Gasteiger partial charge in [-0.2, -0.15) is 0 Å². The Morgan fingerprint density at radius 3 is 1.93 bits per heavy atom. The van der Waals surface area contributed by atoms with Gasteiger partial charge in [0, 0.05) is 27.7 Å². The molecule has 0 aliphatic carbocycles. The molecule has 1 saturated heterocycles. The van der Waals surface area contributed by atoms with Crippen molar-refractivity contribution in [3.63, 3.8) is 0 Å². The van der Waals surface area contributed by atoms with Crippen molar-refractivity contribution in [2.45, 2.75) is 78.1 Å². The van der Waals surface area contributed by atoms with Gasteiger partial charge in [-0.1, -0.05) is 13.3 Å². The SMILES string of the molecule is CCCCN[C@H]1C(OC(C)=O)O[C@H](COC(C)=O)[C@@H](OC(C)=O)[C@@H]1OC(C)=O. The molecule has 0 aromatic rings. The van der Waals surface area contributed by atoms with E-state index in [1.807, 2.05) is 6.92 Å². The van der Waals surface area contributed by atoms with E-state index in [-0.39, 0.29) is 6.61 Å². The molecule has 0 saturated carbocycles. The number of hydrogen-bond donors (Lipinski definition) is 1. The van der Waals surface area contributed by atoms with Gasteiger partial charge in [0.2, 0.25) is 6.29 Å². The van der Waals surface area contributed by atoms with E-state index in [2.05, 4.69) is 5.32 Å². The minimum atomic E-state index is -1.13. The number of carbonyl (C=O) groups excluding carboxylic acids is 4. The lowest BCUT2D eigenvalue weighted by Gasteiger charge is -2.44. The summed E-state index contributed by atoms with van der Waals surface area (Å²) in [6.07, 6.45) is -2.49. The molecule has 5 atom stereocenters. The fraction of sp³-hybridized carbons (Fsp3) is 0.778. The van der Waals surface area contributed by atoms with Gasteiger partial charge in [0.25, 0.3) is 0 Å². The van der Waals surface area contributed by atoms with Crippen molar-refractivity contribution in [1.29, 1.82) is 0 Å². The summed E-state index contributed by atoms with van der Waals surface area (Å²) in [6, 6.07) is -0.780. The molecular formula is C18H29NO9. The predicted octanol–water partition coefficient (Wildman–Crippen LogP) is 0.459. The van der Waals surface area contributed by atoms with Gasteiger partial charge in [0.15, 0.2) is 12.2 Å². The number of esters is 4. The van der Waals surface area contributed by atoms with E-state index in [0.717, 1.165) is 12.8 Å². The molecule has 10 heteroatoms. The highest BCUT2D eigenvalue weighted by Gasteiger charge is 2.51. The number of hydrogen-bond acceptors (Lipinski definition) is 10. The van der Waals surface area contributed by atoms with Gasteiger partial charge in [-0.25, -0.2) is 0 Å². The maximum absolute atomic E-state index is 11.7. The maximum Gasteiger partial charge on any atom is 0.304 e. The highest BCUT2D eigenvalue weighted by Crippen LogP contribution is 2.28. The molecule has 1 N–H and O–H groups in total. The minimum Gasteiger partial charge on any atom is -0.463 e. The van der Waals surface area contributed by atoms with Crippen LogP contribution in [0.2, 0.25) is 0 Å². The first kappa shape index (κ1) is 23.8. The van der Waals surface area contributed by atoms with Crippen molar-refractivity contribution in [3.8, 4) is 0 Å². The monoisotopic (exact) mass is 403 g/mol. The lowest BCUT2D eigenvalue weighted by Crippen LogP contribution is -2.66. The Labute approximate surface area is 164 Å². The van der Waals surface area contributed by atoms with Gasteiger partial charge >= 0.3 is 23.9 Å². The first-order chi connectivity index (χ1) is 13.1. The average Bonchev–Trinajstić information content (AvgIpc) is 2.56. The summed E-state index contributed by atoms with van der Waals surface area (Å²) in [6.45, 7) is 7.10. The first-order valence-electron chi connectivity index (χ1n) is 9.19. The second kappa shape index (κ2) is 11.6. The molecule has 1 aliphatic rings. The van der Waals surface area contributed by atoms with Crippen LogP contribution in [0.5, 0.6) is 0 Å². The fourth-order valence-electron chi connectivity index (χ4n) is 2.83. The Morgan fingerprint density at radius 2 is 1.43 bits per heavy atom. The van der Waals surface area contributed by atoms with Crippen LogP contribution in [-0.4, -0.2) is 67.7 Å². The predicted molar refractivity (Wildman–Crippen MR) is 94.9 cm³/mol. The normalized spacial score (nSPS) is 26.8. The Morgan fingerprint density at radius 1 is 0.857 bits per heavy atom. The molecule has 1 heterocycles. The molecule has 160 valence electrons. The molecule has 1 aliphatic heterocycles. The third-order valence-electron chi connectivity index (χ3n) is 3.89. The summed E-state index contributed by atoms with van der Waals surface area (Å²) < 4.78 is 26.7. The summed E-state index contributed by atoms with van der Waals surface area (Å²) in [5.74, 6) is -2.41. The number of unbranched alkanes of at least 4 members (excludes halogenated alkanes) is 1. The van der Waals surface area contributed by atoms with Crippen molar-refractivity contribution in [3.05, 3.63) is 0 Å². The summed E-state index contributed by atoms with van der Waals surface area (Å²) >= 11 is 0. The van der Waals surface area contributed by atoms with Crippen LogP contribution < -0.4 is 5.32 Å². The Kier molecular flexibility index (Phi) is 9.88. The number of rotatable bonds is 9. The zero-order chi connectivity index (χ0) is 21.3. The lowest BCUT2D eigenvalue weighted by atomic mass is 9.96. The van der Waals surface area contributed by atoms with Crippen molar-refractivity contribution in [1.82, 2.24) is 5.32 Å². The fourth-order valence-corrected chi connectivity index (χ4v) is 2.83. The van der Waals surface area contributed by atoms with E-state index in [0.29, 0.717) is 6.54 Å². The molecule has 28 heavy (non-hydrogen) atoms. The quantitative estimate of drug-likeness (QED) is 0.329. The number of carbonyl (C=O) groups is 4. The van der Waals surface area contributed by atoms with Crippen molar-refractivity contribution in [2.24, 2.45) is 0 Å². The number of nitrogens with one attached hydrogen (secondary N) is 1. The molecule has 0 amide bonds. The van der Waals surface area contributed by atoms with E-state index < -0.39 is 54.5 Å². The lowest BCUT2D eigenvalue weighted by molar-refractivity contribution is -0.271. The molecule has 0 radical (unpaired) electrons. The van der Waals surface area contributed by atoms with E-state index in [1.165, 1.54) is 27.7 Å². The zero-order valence-electron chi connectivity index (χ0n) is 16.9. The van der Waals surface area contributed by atoms with E-state index in [9.17, 15) is 19.2 Å². The summed E-state index contributed by atoms with van der Waals surface area (Å²) in [7, 11) is 0. The molecule has 0 bridgehead atoms. The third kappa shape index (κ3) is 7.81. The smallest absolute Gasteiger partial charge is 0.304 e. The van der Waals surface area contributed by atoms with Crippen molar-refractivity contribution in [2.75, 3.05) is 13.2 Å². The van der Waals surface area contributed by atoms with E-state index in [1.54, 1.807) is 0 Å². The average molecular weight is 403 g/mol. The van der Waals surface area contributed by atoms with Crippen LogP contribution in [-0.2, 0) is 42.9 Å². The standard InChI is InChI=1S/C18H29NO9/c1-6-7-8-19-15-17(26-12(4)22)16(25-11(3)21)14(9-24-10(2)20)28-18(15)27-13(5)23/h14-19H,6-9H2,1-5H3/t14-,15-,16-,17-,18?/m1/s1. The summed E-state index contributed by atoms with van der Waals surface area (Å²) in [5, 5.41) is 3.14. The summed E-state index contributed by atoms with van der Waals surface area (Å²) in [5.41, 5.74) is 0. The first-order valence-corrected chi connectivity index (χ1v) is 9.19. The molecule has 0 spiro atoms.